The molecule has 5 nitrogen and oxygen atoms in total. The molecule has 0 radical (unpaired) electrons. The molecule has 0 spiro atoms. The van der Waals surface area contributed by atoms with E-state index in [1.807, 2.05) is 55.5 Å². The van der Waals surface area contributed by atoms with Crippen LogP contribution < -0.4 is 15.0 Å². The van der Waals surface area contributed by atoms with E-state index in [2.05, 4.69) is 5.32 Å². The van der Waals surface area contributed by atoms with Crippen LogP contribution in [0.4, 0.5) is 5.69 Å². The van der Waals surface area contributed by atoms with E-state index < -0.39 is 0 Å². The highest BCUT2D eigenvalue weighted by molar-refractivity contribution is 5.97. The van der Waals surface area contributed by atoms with Gasteiger partial charge in [-0.15, -0.1) is 0 Å². The summed E-state index contributed by atoms with van der Waals surface area (Å²) < 4.78 is 5.10. The smallest absolute Gasteiger partial charge is 0.240 e. The van der Waals surface area contributed by atoms with Gasteiger partial charge in [0.05, 0.1) is 7.11 Å². The minimum absolute atomic E-state index is 0.00502. The Morgan fingerprint density at radius 1 is 1.12 bits per heavy atom. The maximum absolute atomic E-state index is 12.2. The molecule has 24 heavy (non-hydrogen) atoms. The van der Waals surface area contributed by atoms with E-state index in [1.54, 1.807) is 7.11 Å². The Kier molecular flexibility index (Phi) is 5.95. The van der Waals surface area contributed by atoms with E-state index in [4.69, 9.17) is 4.74 Å². The lowest BCUT2D eigenvalue weighted by molar-refractivity contribution is -0.123. The van der Waals surface area contributed by atoms with E-state index >= 15 is 0 Å². The SMILES string of the molecule is COc1ccc(CNC(=O)CN(C(C)=O)c2cccc(C)c2)cc1. The zero-order chi connectivity index (χ0) is 17.5. The Balaban J connectivity index is 1.96. The molecule has 2 aromatic carbocycles. The van der Waals surface area contributed by atoms with Crippen molar-refractivity contribution in [3.63, 3.8) is 0 Å². The molecule has 126 valence electrons. The molecular weight excluding hydrogens is 304 g/mol. The number of methoxy groups -OCH3 is 1. The number of nitrogens with one attached hydrogen (secondary N) is 1. The number of ether oxygens (including phenoxy) is 1. The number of carbonyl (C=O) groups is 2. The van der Waals surface area contributed by atoms with E-state index in [9.17, 15) is 9.59 Å². The van der Waals surface area contributed by atoms with Crippen molar-refractivity contribution in [2.24, 2.45) is 0 Å². The maximum Gasteiger partial charge on any atom is 0.240 e. The standard InChI is InChI=1S/C19H22N2O3/c1-14-5-4-6-17(11-14)21(15(2)22)13-19(23)20-12-16-7-9-18(24-3)10-8-16/h4-11H,12-13H2,1-3H3,(H,20,23). The van der Waals surface area contributed by atoms with Gasteiger partial charge in [0, 0.05) is 19.2 Å². The molecule has 0 atom stereocenters. The first-order valence-corrected chi connectivity index (χ1v) is 7.74. The first-order valence-electron chi connectivity index (χ1n) is 7.74. The van der Waals surface area contributed by atoms with Crippen LogP contribution in [0.15, 0.2) is 48.5 Å². The number of anilines is 1. The van der Waals surface area contributed by atoms with E-state index in [0.29, 0.717) is 6.54 Å². The van der Waals surface area contributed by atoms with Crippen molar-refractivity contribution in [3.05, 3.63) is 59.7 Å². The molecular formula is C19H22N2O3. The zero-order valence-electron chi connectivity index (χ0n) is 14.2. The lowest BCUT2D eigenvalue weighted by Gasteiger charge is -2.21. The summed E-state index contributed by atoms with van der Waals surface area (Å²) in [4.78, 5) is 25.5. The van der Waals surface area contributed by atoms with Gasteiger partial charge < -0.3 is 15.0 Å². The fraction of sp³-hybridized carbons (Fsp3) is 0.263. The van der Waals surface area contributed by atoms with Gasteiger partial charge in [0.15, 0.2) is 0 Å². The van der Waals surface area contributed by atoms with Crippen LogP contribution >= 0.6 is 0 Å². The lowest BCUT2D eigenvalue weighted by Crippen LogP contribution is -2.39. The molecule has 2 rings (SSSR count). The van der Waals surface area contributed by atoms with Crippen molar-refractivity contribution in [1.82, 2.24) is 5.32 Å². The van der Waals surface area contributed by atoms with Gasteiger partial charge in [-0.3, -0.25) is 9.59 Å². The maximum atomic E-state index is 12.2. The van der Waals surface area contributed by atoms with Crippen molar-refractivity contribution < 1.29 is 14.3 Å². The molecule has 0 saturated heterocycles. The minimum Gasteiger partial charge on any atom is -0.497 e. The highest BCUT2D eigenvalue weighted by Crippen LogP contribution is 2.16. The second-order valence-electron chi connectivity index (χ2n) is 5.57. The molecule has 0 saturated carbocycles. The Morgan fingerprint density at radius 3 is 2.42 bits per heavy atom. The Bertz CT molecular complexity index is 711. The predicted molar refractivity (Wildman–Crippen MR) is 94.0 cm³/mol. The van der Waals surface area contributed by atoms with Crippen molar-refractivity contribution in [2.75, 3.05) is 18.6 Å². The quantitative estimate of drug-likeness (QED) is 0.888. The second-order valence-corrected chi connectivity index (χ2v) is 5.57. The zero-order valence-corrected chi connectivity index (χ0v) is 14.2. The fourth-order valence-electron chi connectivity index (χ4n) is 2.32. The van der Waals surface area contributed by atoms with Crippen LogP contribution in [0.1, 0.15) is 18.1 Å². The summed E-state index contributed by atoms with van der Waals surface area (Å²) in [5, 5.41) is 2.83. The Labute approximate surface area is 142 Å². The van der Waals surface area contributed by atoms with Gasteiger partial charge in [0.25, 0.3) is 0 Å². The van der Waals surface area contributed by atoms with Crippen LogP contribution in [0.5, 0.6) is 5.75 Å². The molecule has 0 fully saturated rings. The number of benzene rings is 2. The molecule has 0 aromatic heterocycles. The summed E-state index contributed by atoms with van der Waals surface area (Å²) in [7, 11) is 1.61. The summed E-state index contributed by atoms with van der Waals surface area (Å²) in [5.74, 6) is 0.398. The van der Waals surface area contributed by atoms with Gasteiger partial charge in [0.2, 0.25) is 11.8 Å². The molecule has 2 amide bonds. The van der Waals surface area contributed by atoms with Crippen LogP contribution in [0.25, 0.3) is 0 Å². The molecule has 0 heterocycles. The van der Waals surface area contributed by atoms with Crippen LogP contribution in [-0.2, 0) is 16.1 Å². The molecule has 0 aliphatic carbocycles. The van der Waals surface area contributed by atoms with Gasteiger partial charge >= 0.3 is 0 Å². The average Bonchev–Trinajstić information content (AvgIpc) is 2.58. The van der Waals surface area contributed by atoms with E-state index in [-0.39, 0.29) is 18.4 Å². The Morgan fingerprint density at radius 2 is 1.83 bits per heavy atom. The topological polar surface area (TPSA) is 58.6 Å². The molecule has 0 bridgehead atoms. The van der Waals surface area contributed by atoms with Gasteiger partial charge in [-0.1, -0.05) is 24.3 Å². The second kappa shape index (κ2) is 8.15. The lowest BCUT2D eigenvalue weighted by atomic mass is 10.2. The van der Waals surface area contributed by atoms with Crippen LogP contribution in [0, 0.1) is 6.92 Å². The molecule has 0 aliphatic rings. The third-order valence-corrected chi connectivity index (χ3v) is 3.64. The highest BCUT2D eigenvalue weighted by Gasteiger charge is 2.15. The minimum atomic E-state index is -0.206. The molecule has 0 unspecified atom stereocenters. The van der Waals surface area contributed by atoms with Crippen LogP contribution in [0.2, 0.25) is 0 Å². The number of aryl methyl sites for hydroxylation is 1. The average molecular weight is 326 g/mol. The van der Waals surface area contributed by atoms with Gasteiger partial charge in [-0.05, 0) is 42.3 Å². The molecule has 5 heteroatoms. The summed E-state index contributed by atoms with van der Waals surface area (Å²) >= 11 is 0. The molecule has 0 aliphatic heterocycles. The van der Waals surface area contributed by atoms with Gasteiger partial charge in [-0.25, -0.2) is 0 Å². The highest BCUT2D eigenvalue weighted by atomic mass is 16.5. The number of hydrogen-bond donors (Lipinski definition) is 1. The molecule has 2 aromatic rings. The number of nitrogens with zero attached hydrogens (tertiary/aromatic N) is 1. The summed E-state index contributed by atoms with van der Waals surface area (Å²) in [6.07, 6.45) is 0. The number of amides is 2. The van der Waals surface area contributed by atoms with Gasteiger partial charge in [-0.2, -0.15) is 0 Å². The van der Waals surface area contributed by atoms with Crippen LogP contribution in [-0.4, -0.2) is 25.5 Å². The van der Waals surface area contributed by atoms with Crippen LogP contribution in [0.3, 0.4) is 0 Å². The first kappa shape index (κ1) is 17.5. The summed E-state index contributed by atoms with van der Waals surface area (Å²) in [6.45, 7) is 3.81. The monoisotopic (exact) mass is 326 g/mol. The number of hydrogen-bond acceptors (Lipinski definition) is 3. The predicted octanol–water partition coefficient (Wildman–Crippen LogP) is 2.67. The largest absolute Gasteiger partial charge is 0.497 e. The summed E-state index contributed by atoms with van der Waals surface area (Å²) in [6, 6.07) is 15.0. The van der Waals surface area contributed by atoms with Crippen molar-refractivity contribution in [2.45, 2.75) is 20.4 Å². The van der Waals surface area contributed by atoms with E-state index in [1.165, 1.54) is 11.8 Å². The number of carbonyl (C=O) groups excluding carboxylic acids is 2. The first-order chi connectivity index (χ1) is 11.5. The summed E-state index contributed by atoms with van der Waals surface area (Å²) in [5.41, 5.74) is 2.73. The van der Waals surface area contributed by atoms with Crippen molar-refractivity contribution in [3.8, 4) is 5.75 Å². The van der Waals surface area contributed by atoms with Crippen molar-refractivity contribution >= 4 is 17.5 Å². The Hall–Kier alpha value is -2.82. The third kappa shape index (κ3) is 4.84. The third-order valence-electron chi connectivity index (χ3n) is 3.64. The van der Waals surface area contributed by atoms with Gasteiger partial charge in [0.1, 0.15) is 12.3 Å². The number of rotatable bonds is 6. The normalized spacial score (nSPS) is 10.1. The fourth-order valence-corrected chi connectivity index (χ4v) is 2.32. The van der Waals surface area contributed by atoms with E-state index in [0.717, 1.165) is 22.6 Å². The van der Waals surface area contributed by atoms with Crippen molar-refractivity contribution in [1.29, 1.82) is 0 Å². The molecule has 1 N–H and O–H groups in total.